The molecule has 1 amide bonds. The van der Waals surface area contributed by atoms with Gasteiger partial charge in [-0.05, 0) is 31.2 Å². The fourth-order valence-electron chi connectivity index (χ4n) is 2.14. The highest BCUT2D eigenvalue weighted by atomic mass is 16.4. The predicted molar refractivity (Wildman–Crippen MR) is 82.6 cm³/mol. The number of aliphatic hydroxyl groups is 1. The number of aryl methyl sites for hydroxylation is 1. The van der Waals surface area contributed by atoms with Crippen LogP contribution in [0.25, 0.3) is 11.4 Å². The quantitative estimate of drug-likeness (QED) is 0.667. The summed E-state index contributed by atoms with van der Waals surface area (Å²) < 4.78 is 5.09. The molecule has 0 saturated carbocycles. The number of rotatable bonds is 5. The molecular formula is C16H16N4O3. The van der Waals surface area contributed by atoms with Gasteiger partial charge < -0.3 is 14.8 Å². The summed E-state index contributed by atoms with van der Waals surface area (Å²) in [7, 11) is 0. The molecule has 0 radical (unpaired) electrons. The number of hydrogen-bond donors (Lipinski definition) is 3. The number of hydrogen-bond acceptors (Lipinski definition) is 5. The number of amides is 1. The molecule has 23 heavy (non-hydrogen) atoms. The molecule has 3 aromatic rings. The van der Waals surface area contributed by atoms with Crippen molar-refractivity contribution in [3.63, 3.8) is 0 Å². The molecule has 0 aliphatic carbocycles. The van der Waals surface area contributed by atoms with Crippen molar-refractivity contribution in [3.05, 3.63) is 59.8 Å². The third-order valence-electron chi connectivity index (χ3n) is 3.31. The number of H-pyrrole nitrogens is 1. The number of benzene rings is 1. The van der Waals surface area contributed by atoms with Crippen molar-refractivity contribution in [2.75, 3.05) is 6.54 Å². The Morgan fingerprint density at radius 1 is 1.39 bits per heavy atom. The molecule has 7 heteroatoms. The van der Waals surface area contributed by atoms with E-state index in [9.17, 15) is 9.90 Å². The molecule has 3 rings (SSSR count). The SMILES string of the molecule is Cc1nc(-c2cccc(C(=O)NCC(O)c3ccco3)c2)n[nH]1. The summed E-state index contributed by atoms with van der Waals surface area (Å²) in [6, 6.07) is 10.3. The fourth-order valence-corrected chi connectivity index (χ4v) is 2.14. The minimum Gasteiger partial charge on any atom is -0.467 e. The normalized spacial score (nSPS) is 12.1. The molecule has 0 saturated heterocycles. The van der Waals surface area contributed by atoms with E-state index < -0.39 is 6.10 Å². The lowest BCUT2D eigenvalue weighted by Crippen LogP contribution is -2.28. The van der Waals surface area contributed by atoms with Gasteiger partial charge in [0, 0.05) is 11.1 Å². The van der Waals surface area contributed by atoms with Crippen LogP contribution in [0, 0.1) is 6.92 Å². The maximum atomic E-state index is 12.2. The largest absolute Gasteiger partial charge is 0.467 e. The zero-order valence-electron chi connectivity index (χ0n) is 12.5. The van der Waals surface area contributed by atoms with Gasteiger partial charge in [0.25, 0.3) is 5.91 Å². The van der Waals surface area contributed by atoms with Crippen molar-refractivity contribution < 1.29 is 14.3 Å². The number of aromatic nitrogens is 3. The molecule has 0 fully saturated rings. The van der Waals surface area contributed by atoms with E-state index in [-0.39, 0.29) is 12.5 Å². The Labute approximate surface area is 132 Å². The highest BCUT2D eigenvalue weighted by Gasteiger charge is 2.14. The molecule has 0 spiro atoms. The molecule has 2 heterocycles. The van der Waals surface area contributed by atoms with Crippen molar-refractivity contribution in [3.8, 4) is 11.4 Å². The van der Waals surface area contributed by atoms with Crippen LogP contribution in [0.4, 0.5) is 0 Å². The van der Waals surface area contributed by atoms with Crippen LogP contribution in [0.3, 0.4) is 0 Å². The second kappa shape index (κ2) is 6.45. The van der Waals surface area contributed by atoms with Gasteiger partial charge in [-0.1, -0.05) is 12.1 Å². The number of aromatic amines is 1. The summed E-state index contributed by atoms with van der Waals surface area (Å²) in [5.41, 5.74) is 1.21. The number of nitrogens with zero attached hydrogens (tertiary/aromatic N) is 2. The van der Waals surface area contributed by atoms with E-state index in [0.717, 1.165) is 5.56 Å². The van der Waals surface area contributed by atoms with Crippen molar-refractivity contribution in [2.24, 2.45) is 0 Å². The molecule has 0 aliphatic rings. The molecule has 2 aromatic heterocycles. The van der Waals surface area contributed by atoms with Crippen LogP contribution in [0.1, 0.15) is 28.0 Å². The number of nitrogens with one attached hydrogen (secondary N) is 2. The lowest BCUT2D eigenvalue weighted by Gasteiger charge is -2.10. The average molecular weight is 312 g/mol. The standard InChI is InChI=1S/C16H16N4O3/c1-10-18-15(20-19-10)11-4-2-5-12(8-11)16(22)17-9-13(21)14-6-3-7-23-14/h2-8,13,21H,9H2,1H3,(H,17,22)(H,18,19,20). The van der Waals surface area contributed by atoms with E-state index >= 15 is 0 Å². The lowest BCUT2D eigenvalue weighted by molar-refractivity contribution is 0.0901. The molecule has 118 valence electrons. The van der Waals surface area contributed by atoms with E-state index in [2.05, 4.69) is 20.5 Å². The first-order valence-electron chi connectivity index (χ1n) is 7.12. The van der Waals surface area contributed by atoms with E-state index in [4.69, 9.17) is 4.42 Å². The first-order chi connectivity index (χ1) is 11.1. The molecule has 1 unspecified atom stereocenters. The minimum atomic E-state index is -0.882. The van der Waals surface area contributed by atoms with E-state index in [1.165, 1.54) is 6.26 Å². The minimum absolute atomic E-state index is 0.0658. The number of carbonyl (C=O) groups excluding carboxylic acids is 1. The zero-order valence-corrected chi connectivity index (χ0v) is 12.5. The molecule has 0 bridgehead atoms. The van der Waals surface area contributed by atoms with Gasteiger partial charge in [-0.25, -0.2) is 4.98 Å². The average Bonchev–Trinajstić information content (AvgIpc) is 3.24. The van der Waals surface area contributed by atoms with E-state index in [0.29, 0.717) is 23.0 Å². The number of carbonyl (C=O) groups is 1. The smallest absolute Gasteiger partial charge is 0.251 e. The molecule has 1 aromatic carbocycles. The van der Waals surface area contributed by atoms with Crippen LogP contribution in [0.5, 0.6) is 0 Å². The van der Waals surface area contributed by atoms with Crippen LogP contribution in [0.15, 0.2) is 47.1 Å². The summed E-state index contributed by atoms with van der Waals surface area (Å²) in [6.45, 7) is 1.87. The Kier molecular flexibility index (Phi) is 4.20. The zero-order chi connectivity index (χ0) is 16.2. The predicted octanol–water partition coefficient (Wildman–Crippen LogP) is 1.84. The Morgan fingerprint density at radius 3 is 2.96 bits per heavy atom. The Balaban J connectivity index is 1.68. The van der Waals surface area contributed by atoms with Gasteiger partial charge in [0.1, 0.15) is 17.7 Å². The highest BCUT2D eigenvalue weighted by molar-refractivity contribution is 5.95. The van der Waals surface area contributed by atoms with Crippen LogP contribution in [-0.2, 0) is 0 Å². The van der Waals surface area contributed by atoms with Crippen LogP contribution in [-0.4, -0.2) is 32.7 Å². The summed E-state index contributed by atoms with van der Waals surface area (Å²) >= 11 is 0. The van der Waals surface area contributed by atoms with Gasteiger partial charge in [-0.15, -0.1) is 0 Å². The van der Waals surface area contributed by atoms with Crippen molar-refractivity contribution in [1.29, 1.82) is 0 Å². The van der Waals surface area contributed by atoms with Crippen LogP contribution in [0.2, 0.25) is 0 Å². The first kappa shape index (κ1) is 15.0. The molecule has 7 nitrogen and oxygen atoms in total. The monoisotopic (exact) mass is 312 g/mol. The first-order valence-corrected chi connectivity index (χ1v) is 7.12. The van der Waals surface area contributed by atoms with Gasteiger partial charge in [0.15, 0.2) is 5.82 Å². The maximum Gasteiger partial charge on any atom is 0.251 e. The lowest BCUT2D eigenvalue weighted by atomic mass is 10.1. The third kappa shape index (κ3) is 3.46. The van der Waals surface area contributed by atoms with Crippen LogP contribution >= 0.6 is 0 Å². The summed E-state index contributed by atoms with van der Waals surface area (Å²) in [5, 5.41) is 19.4. The van der Waals surface area contributed by atoms with Gasteiger partial charge >= 0.3 is 0 Å². The molecule has 3 N–H and O–H groups in total. The third-order valence-corrected chi connectivity index (χ3v) is 3.31. The summed E-state index contributed by atoms with van der Waals surface area (Å²) in [4.78, 5) is 16.4. The number of furan rings is 1. The maximum absolute atomic E-state index is 12.2. The van der Waals surface area contributed by atoms with Gasteiger partial charge in [0.05, 0.1) is 12.8 Å². The van der Waals surface area contributed by atoms with Crippen molar-refractivity contribution in [1.82, 2.24) is 20.5 Å². The van der Waals surface area contributed by atoms with Gasteiger partial charge in [-0.2, -0.15) is 5.10 Å². The molecule has 1 atom stereocenters. The van der Waals surface area contributed by atoms with Crippen molar-refractivity contribution >= 4 is 5.91 Å². The molecular weight excluding hydrogens is 296 g/mol. The molecule has 0 aliphatic heterocycles. The van der Waals surface area contributed by atoms with Crippen LogP contribution < -0.4 is 5.32 Å². The van der Waals surface area contributed by atoms with E-state index in [1.807, 2.05) is 13.0 Å². The fraction of sp³-hybridized carbons (Fsp3) is 0.188. The Hall–Kier alpha value is -2.93. The van der Waals surface area contributed by atoms with Gasteiger partial charge in [-0.3, -0.25) is 9.89 Å². The van der Waals surface area contributed by atoms with E-state index in [1.54, 1.807) is 30.3 Å². The highest BCUT2D eigenvalue weighted by Crippen LogP contribution is 2.17. The Bertz CT molecular complexity index is 795. The number of aliphatic hydroxyl groups excluding tert-OH is 1. The second-order valence-corrected chi connectivity index (χ2v) is 5.07. The van der Waals surface area contributed by atoms with Gasteiger partial charge in [0.2, 0.25) is 0 Å². The Morgan fingerprint density at radius 2 is 2.26 bits per heavy atom. The van der Waals surface area contributed by atoms with Crippen molar-refractivity contribution in [2.45, 2.75) is 13.0 Å². The topological polar surface area (TPSA) is 104 Å². The summed E-state index contributed by atoms with van der Waals surface area (Å²) in [5.74, 6) is 1.36. The second-order valence-electron chi connectivity index (χ2n) is 5.07. The summed E-state index contributed by atoms with van der Waals surface area (Å²) in [6.07, 6.45) is 0.593.